The number of nitrogens with zero attached hydrogens (tertiary/aromatic N) is 4. The summed E-state index contributed by atoms with van der Waals surface area (Å²) < 4.78 is 0. The van der Waals surface area contributed by atoms with Gasteiger partial charge in [-0.2, -0.15) is 0 Å². The molecule has 0 aliphatic carbocycles. The molecule has 6 heteroatoms. The quantitative estimate of drug-likeness (QED) is 0.561. The molecule has 1 fully saturated rings. The van der Waals surface area contributed by atoms with E-state index in [9.17, 15) is 4.79 Å². The molecule has 0 saturated carbocycles. The van der Waals surface area contributed by atoms with Crippen LogP contribution in [0.4, 0.5) is 11.5 Å². The Kier molecular flexibility index (Phi) is 6.55. The van der Waals surface area contributed by atoms with Crippen LogP contribution in [-0.2, 0) is 4.79 Å². The van der Waals surface area contributed by atoms with Crippen LogP contribution in [0, 0.1) is 5.92 Å². The largest absolute Gasteiger partial charge is 0.340 e. The normalized spacial score (nSPS) is 16.0. The van der Waals surface area contributed by atoms with Crippen LogP contribution < -0.4 is 5.32 Å². The lowest BCUT2D eigenvalue weighted by Gasteiger charge is -2.27. The number of benzene rings is 1. The van der Waals surface area contributed by atoms with Gasteiger partial charge in [0.2, 0.25) is 5.91 Å². The second-order valence-corrected chi connectivity index (χ2v) is 7.93. The molecule has 31 heavy (non-hydrogen) atoms. The number of para-hydroxylation sites is 1. The molecular formula is C25H29N5O. The first kappa shape index (κ1) is 21.0. The molecule has 4 rings (SSSR count). The third-order valence-electron chi connectivity index (χ3n) is 5.93. The molecule has 2 aromatic heterocycles. The number of hydrogen-bond acceptors (Lipinski definition) is 5. The minimum Gasteiger partial charge on any atom is -0.340 e. The van der Waals surface area contributed by atoms with Gasteiger partial charge in [0.05, 0.1) is 11.7 Å². The average molecular weight is 416 g/mol. The zero-order valence-electron chi connectivity index (χ0n) is 18.2. The van der Waals surface area contributed by atoms with Crippen LogP contribution in [0.2, 0.25) is 0 Å². The van der Waals surface area contributed by atoms with E-state index in [-0.39, 0.29) is 17.9 Å². The van der Waals surface area contributed by atoms with Gasteiger partial charge in [-0.05, 0) is 49.9 Å². The van der Waals surface area contributed by atoms with Crippen molar-refractivity contribution in [2.75, 3.05) is 11.9 Å². The maximum atomic E-state index is 13.2. The monoisotopic (exact) mass is 415 g/mol. The number of anilines is 2. The number of amides is 1. The Morgan fingerprint density at radius 3 is 2.55 bits per heavy atom. The summed E-state index contributed by atoms with van der Waals surface area (Å²) in [6.45, 7) is 4.93. The first-order valence-corrected chi connectivity index (χ1v) is 11.1. The number of nitrogens with one attached hydrogen (secondary N) is 1. The van der Waals surface area contributed by atoms with Gasteiger partial charge in [0.25, 0.3) is 0 Å². The highest BCUT2D eigenvalue weighted by Gasteiger charge is 2.34. The topological polar surface area (TPSA) is 71.0 Å². The van der Waals surface area contributed by atoms with Gasteiger partial charge in [-0.15, -0.1) is 0 Å². The standard InChI is InChI=1S/C25H29N5O/c1-3-18(4-2)25(31)30-16-8-11-22(30)24-28-21(19-12-14-26-15-13-19)17-23(29-24)27-20-9-6-5-7-10-20/h5-7,9-10,12-15,17-18,22H,3-4,8,11,16H2,1-2H3,(H,27,28,29). The molecule has 160 valence electrons. The van der Waals surface area contributed by atoms with Gasteiger partial charge in [0.15, 0.2) is 5.82 Å². The number of rotatable bonds is 7. The van der Waals surface area contributed by atoms with Gasteiger partial charge >= 0.3 is 0 Å². The summed E-state index contributed by atoms with van der Waals surface area (Å²) in [5.74, 6) is 1.71. The predicted molar refractivity (Wildman–Crippen MR) is 123 cm³/mol. The van der Waals surface area contributed by atoms with E-state index in [4.69, 9.17) is 9.97 Å². The average Bonchev–Trinajstić information content (AvgIpc) is 3.31. The van der Waals surface area contributed by atoms with Crippen LogP contribution >= 0.6 is 0 Å². The summed E-state index contributed by atoms with van der Waals surface area (Å²) >= 11 is 0. The lowest BCUT2D eigenvalue weighted by Crippen LogP contribution is -2.36. The maximum Gasteiger partial charge on any atom is 0.226 e. The van der Waals surface area contributed by atoms with E-state index in [2.05, 4.69) is 24.1 Å². The molecule has 1 aliphatic heterocycles. The van der Waals surface area contributed by atoms with Crippen LogP contribution in [0.25, 0.3) is 11.3 Å². The van der Waals surface area contributed by atoms with Crippen LogP contribution in [0.5, 0.6) is 0 Å². The first-order chi connectivity index (χ1) is 15.2. The van der Waals surface area contributed by atoms with Gasteiger partial charge in [-0.1, -0.05) is 32.0 Å². The van der Waals surface area contributed by atoms with Gasteiger partial charge < -0.3 is 10.2 Å². The zero-order valence-corrected chi connectivity index (χ0v) is 18.2. The van der Waals surface area contributed by atoms with E-state index in [1.165, 1.54) is 0 Å². The van der Waals surface area contributed by atoms with Crippen molar-refractivity contribution < 1.29 is 4.79 Å². The highest BCUT2D eigenvalue weighted by molar-refractivity contribution is 5.79. The van der Waals surface area contributed by atoms with Crippen molar-refractivity contribution in [1.82, 2.24) is 19.9 Å². The molecule has 3 aromatic rings. The van der Waals surface area contributed by atoms with Gasteiger partial charge in [0, 0.05) is 42.2 Å². The molecule has 6 nitrogen and oxygen atoms in total. The molecule has 3 heterocycles. The van der Waals surface area contributed by atoms with Crippen molar-refractivity contribution >= 4 is 17.4 Å². The zero-order chi connectivity index (χ0) is 21.6. The Balaban J connectivity index is 1.72. The van der Waals surface area contributed by atoms with E-state index in [0.29, 0.717) is 5.82 Å². The summed E-state index contributed by atoms with van der Waals surface area (Å²) in [5.41, 5.74) is 2.77. The molecule has 0 bridgehead atoms. The molecule has 1 aliphatic rings. The van der Waals surface area contributed by atoms with E-state index < -0.39 is 0 Å². The van der Waals surface area contributed by atoms with Crippen molar-refractivity contribution in [3.63, 3.8) is 0 Å². The van der Waals surface area contributed by atoms with Crippen LogP contribution in [-0.4, -0.2) is 32.3 Å². The summed E-state index contributed by atoms with van der Waals surface area (Å²) in [6.07, 6.45) is 7.10. The minimum absolute atomic E-state index is 0.0610. The third kappa shape index (κ3) is 4.74. The summed E-state index contributed by atoms with van der Waals surface area (Å²) in [6, 6.07) is 15.7. The number of likely N-dealkylation sites (tertiary alicyclic amines) is 1. The highest BCUT2D eigenvalue weighted by atomic mass is 16.2. The Morgan fingerprint density at radius 2 is 1.84 bits per heavy atom. The molecule has 1 saturated heterocycles. The highest BCUT2D eigenvalue weighted by Crippen LogP contribution is 2.34. The Morgan fingerprint density at radius 1 is 1.10 bits per heavy atom. The SMILES string of the molecule is CCC(CC)C(=O)N1CCCC1c1nc(Nc2ccccc2)cc(-c2ccncc2)n1. The lowest BCUT2D eigenvalue weighted by molar-refractivity contribution is -0.136. The lowest BCUT2D eigenvalue weighted by atomic mass is 10.0. The fraction of sp³-hybridized carbons (Fsp3) is 0.360. The van der Waals surface area contributed by atoms with Crippen molar-refractivity contribution in [3.8, 4) is 11.3 Å². The molecule has 1 atom stereocenters. The maximum absolute atomic E-state index is 13.2. The second-order valence-electron chi connectivity index (χ2n) is 7.93. The van der Waals surface area contributed by atoms with Crippen LogP contribution in [0.15, 0.2) is 60.9 Å². The number of pyridine rings is 1. The Hall–Kier alpha value is -3.28. The number of carbonyl (C=O) groups is 1. The van der Waals surface area contributed by atoms with Crippen molar-refractivity contribution in [1.29, 1.82) is 0 Å². The van der Waals surface area contributed by atoms with Crippen LogP contribution in [0.1, 0.15) is 51.4 Å². The number of hydrogen-bond donors (Lipinski definition) is 1. The van der Waals surface area contributed by atoms with E-state index >= 15 is 0 Å². The van der Waals surface area contributed by atoms with E-state index in [1.54, 1.807) is 12.4 Å². The molecule has 0 radical (unpaired) electrons. The van der Waals surface area contributed by atoms with Crippen LogP contribution in [0.3, 0.4) is 0 Å². The number of aromatic nitrogens is 3. The third-order valence-corrected chi connectivity index (χ3v) is 5.93. The smallest absolute Gasteiger partial charge is 0.226 e. The van der Waals surface area contributed by atoms with Crippen molar-refractivity contribution in [2.24, 2.45) is 5.92 Å². The molecule has 1 aromatic carbocycles. The van der Waals surface area contributed by atoms with Gasteiger partial charge in [-0.25, -0.2) is 9.97 Å². The summed E-state index contributed by atoms with van der Waals surface area (Å²) in [7, 11) is 0. The predicted octanol–water partition coefficient (Wildman–Crippen LogP) is 5.38. The molecule has 0 spiro atoms. The minimum atomic E-state index is -0.0915. The summed E-state index contributed by atoms with van der Waals surface area (Å²) in [4.78, 5) is 29.0. The van der Waals surface area contributed by atoms with Gasteiger partial charge in [0.1, 0.15) is 5.82 Å². The molecule has 1 N–H and O–H groups in total. The number of carbonyl (C=O) groups excluding carboxylic acids is 1. The van der Waals surface area contributed by atoms with E-state index in [1.807, 2.05) is 53.4 Å². The molecule has 1 amide bonds. The second kappa shape index (κ2) is 9.69. The first-order valence-electron chi connectivity index (χ1n) is 11.1. The van der Waals surface area contributed by atoms with Gasteiger partial charge in [-0.3, -0.25) is 9.78 Å². The molecule has 1 unspecified atom stereocenters. The fourth-order valence-electron chi connectivity index (χ4n) is 4.19. The summed E-state index contributed by atoms with van der Waals surface area (Å²) in [5, 5.41) is 3.40. The Bertz CT molecular complexity index is 1000. The van der Waals surface area contributed by atoms with Crippen molar-refractivity contribution in [2.45, 2.75) is 45.6 Å². The fourth-order valence-corrected chi connectivity index (χ4v) is 4.19. The van der Waals surface area contributed by atoms with E-state index in [0.717, 1.165) is 55.0 Å². The molecular weight excluding hydrogens is 386 g/mol. The van der Waals surface area contributed by atoms with Crippen molar-refractivity contribution in [3.05, 3.63) is 66.7 Å². The Labute approximate surface area is 183 Å².